The molecule has 0 radical (unpaired) electrons. The van der Waals surface area contributed by atoms with Crippen molar-refractivity contribution in [2.75, 3.05) is 0 Å². The number of nitrogens with zero attached hydrogens (tertiary/aromatic N) is 4. The molecule has 0 atom stereocenters. The Hall–Kier alpha value is -5.75. The van der Waals surface area contributed by atoms with Crippen LogP contribution in [0.4, 0.5) is 0 Å². The van der Waals surface area contributed by atoms with E-state index in [0.29, 0.717) is 16.6 Å². The lowest BCUT2D eigenvalue weighted by Crippen LogP contribution is -2.37. The molecule has 0 aliphatic carbocycles. The van der Waals surface area contributed by atoms with Gasteiger partial charge in [-0.1, -0.05) is 88.4 Å². The first kappa shape index (κ1) is 30.7. The minimum atomic E-state index is -2.40. The number of hydrogen-bond acceptors (Lipinski definition) is 4. The zero-order valence-electron chi connectivity index (χ0n) is 35.4. The third kappa shape index (κ3) is 5.03. The maximum absolute atomic E-state index is 8.15. The molecular formula is C48H47N4O2+. The quantitative estimate of drug-likeness (QED) is 0.167. The highest BCUT2D eigenvalue weighted by Gasteiger charge is 2.37. The number of benzene rings is 5. The lowest BCUT2D eigenvalue weighted by atomic mass is 9.88. The van der Waals surface area contributed by atoms with Crippen molar-refractivity contribution < 1.29 is 17.5 Å². The fourth-order valence-corrected chi connectivity index (χ4v) is 8.49. The van der Waals surface area contributed by atoms with Gasteiger partial charge in [-0.05, 0) is 104 Å². The number of furan rings is 1. The average Bonchev–Trinajstić information content (AvgIpc) is 3.85. The van der Waals surface area contributed by atoms with Crippen molar-refractivity contribution in [1.82, 2.24) is 14.5 Å². The molecule has 0 saturated heterocycles. The lowest BCUT2D eigenvalue weighted by Gasteiger charge is -2.25. The molecule has 0 aliphatic heterocycles. The summed E-state index contributed by atoms with van der Waals surface area (Å²) < 4.78 is 42.6. The fourth-order valence-electron chi connectivity index (χ4n) is 8.49. The molecular weight excluding hydrogens is 665 g/mol. The molecule has 0 saturated carbocycles. The third-order valence-electron chi connectivity index (χ3n) is 10.9. The number of rotatable bonds is 5. The SMILES string of the molecule is [2H]C([2H])([2H])c1ccc2c(n1)oc1c(-c3nc4ccc5ccccc5c4n3-c3c(C(C)C)cc(-c4ccccc4)cc3C(C)C)c(C)c3c(oc(C(C)(C)C)[n+]3C)c12. The van der Waals surface area contributed by atoms with Crippen molar-refractivity contribution in [3.05, 3.63) is 119 Å². The van der Waals surface area contributed by atoms with Crippen LogP contribution in [0.25, 0.3) is 83.2 Å². The van der Waals surface area contributed by atoms with Crippen molar-refractivity contribution in [2.45, 2.75) is 79.5 Å². The van der Waals surface area contributed by atoms with Crippen LogP contribution in [0.1, 0.15) is 92.7 Å². The molecule has 270 valence electrons. The monoisotopic (exact) mass is 714 g/mol. The van der Waals surface area contributed by atoms with E-state index in [9.17, 15) is 0 Å². The molecule has 9 rings (SSSR count). The van der Waals surface area contributed by atoms with Crippen LogP contribution < -0.4 is 4.57 Å². The van der Waals surface area contributed by atoms with Gasteiger partial charge in [0.25, 0.3) is 5.52 Å². The predicted molar refractivity (Wildman–Crippen MR) is 222 cm³/mol. The second kappa shape index (κ2) is 12.1. The first-order valence-corrected chi connectivity index (χ1v) is 18.9. The molecule has 0 aliphatic rings. The number of hydrogen-bond donors (Lipinski definition) is 0. The van der Waals surface area contributed by atoms with Crippen molar-refractivity contribution >= 4 is 55.0 Å². The molecule has 0 bridgehead atoms. The van der Waals surface area contributed by atoms with E-state index in [1.54, 1.807) is 12.1 Å². The Morgan fingerprint density at radius 1 is 0.759 bits per heavy atom. The first-order chi connectivity index (χ1) is 27.0. The zero-order chi connectivity index (χ0) is 40.3. The summed E-state index contributed by atoms with van der Waals surface area (Å²) in [5, 5.41) is 3.64. The molecule has 4 heterocycles. The zero-order valence-corrected chi connectivity index (χ0v) is 32.4. The summed E-state index contributed by atoms with van der Waals surface area (Å²) in [6.07, 6.45) is 0. The Morgan fingerprint density at radius 3 is 2.15 bits per heavy atom. The van der Waals surface area contributed by atoms with Crippen molar-refractivity contribution in [3.63, 3.8) is 0 Å². The van der Waals surface area contributed by atoms with Gasteiger partial charge in [0.15, 0.2) is 5.58 Å². The minimum Gasteiger partial charge on any atom is -0.437 e. The Labute approximate surface area is 320 Å². The molecule has 0 N–H and O–H groups in total. The number of fused-ring (bicyclic) bond motifs is 8. The van der Waals surface area contributed by atoms with E-state index in [0.717, 1.165) is 61.2 Å². The van der Waals surface area contributed by atoms with Crippen LogP contribution in [0.15, 0.2) is 99.8 Å². The lowest BCUT2D eigenvalue weighted by molar-refractivity contribution is -0.662. The molecule has 6 heteroatoms. The maximum Gasteiger partial charge on any atom is 0.353 e. The van der Waals surface area contributed by atoms with Crippen LogP contribution in [-0.4, -0.2) is 14.5 Å². The topological polar surface area (TPSA) is 60.9 Å². The third-order valence-corrected chi connectivity index (χ3v) is 10.9. The number of aryl methyl sites for hydroxylation is 3. The van der Waals surface area contributed by atoms with Crippen molar-refractivity contribution in [1.29, 1.82) is 0 Å². The van der Waals surface area contributed by atoms with E-state index in [1.807, 2.05) is 0 Å². The number of aromatic nitrogens is 4. The average molecular weight is 715 g/mol. The Morgan fingerprint density at radius 2 is 1.46 bits per heavy atom. The van der Waals surface area contributed by atoms with Gasteiger partial charge in [0.1, 0.15) is 12.9 Å². The smallest absolute Gasteiger partial charge is 0.353 e. The second-order valence-corrected chi connectivity index (χ2v) is 16.4. The molecule has 0 unspecified atom stereocenters. The first-order valence-electron chi connectivity index (χ1n) is 20.4. The maximum atomic E-state index is 8.15. The van der Waals surface area contributed by atoms with E-state index in [2.05, 4.69) is 155 Å². The molecule has 0 spiro atoms. The van der Waals surface area contributed by atoms with Crippen LogP contribution >= 0.6 is 0 Å². The van der Waals surface area contributed by atoms with Gasteiger partial charge in [-0.25, -0.2) is 9.97 Å². The van der Waals surface area contributed by atoms with Crippen LogP contribution in [0.5, 0.6) is 0 Å². The molecule has 5 aromatic carbocycles. The van der Waals surface area contributed by atoms with Crippen LogP contribution in [0.3, 0.4) is 0 Å². The molecule has 6 nitrogen and oxygen atoms in total. The van der Waals surface area contributed by atoms with Crippen LogP contribution in [0, 0.1) is 13.8 Å². The van der Waals surface area contributed by atoms with Gasteiger partial charge in [0.2, 0.25) is 11.3 Å². The summed E-state index contributed by atoms with van der Waals surface area (Å²) in [4.78, 5) is 10.2. The van der Waals surface area contributed by atoms with Gasteiger partial charge >= 0.3 is 5.89 Å². The highest BCUT2D eigenvalue weighted by Crippen LogP contribution is 2.47. The van der Waals surface area contributed by atoms with Gasteiger partial charge in [0, 0.05) is 20.8 Å². The van der Waals surface area contributed by atoms with Gasteiger partial charge in [-0.3, -0.25) is 4.57 Å². The van der Waals surface area contributed by atoms with Gasteiger partial charge in [0.05, 0.1) is 38.5 Å². The van der Waals surface area contributed by atoms with E-state index >= 15 is 0 Å². The number of oxazole rings is 1. The van der Waals surface area contributed by atoms with Gasteiger partial charge in [-0.15, -0.1) is 0 Å². The predicted octanol–water partition coefficient (Wildman–Crippen LogP) is 12.5. The summed E-state index contributed by atoms with van der Waals surface area (Å²) in [6.45, 7) is 15.2. The highest BCUT2D eigenvalue weighted by molar-refractivity contribution is 6.20. The summed E-state index contributed by atoms with van der Waals surface area (Å²) in [5.74, 6) is 1.87. The normalized spacial score (nSPS) is 13.6. The van der Waals surface area contributed by atoms with Crippen molar-refractivity contribution in [2.24, 2.45) is 7.05 Å². The Kier molecular flexibility index (Phi) is 6.90. The standard InChI is InChI=1S/C48H47N4O2/c1-26(2)35-24-32(30-16-12-11-13-17-30)25-36(27(3)4)41(35)52-42-33-19-15-14-18-31(33)21-23-37(42)50-45(52)38-29(6)40-44(54-47(51(40)10)48(7,8)9)39-34-22-20-28(5)49-46(34)53-43(38)39/h11-27H,1-10H3/q+1/i5D3. The number of pyridine rings is 1. The van der Waals surface area contributed by atoms with Gasteiger partial charge < -0.3 is 8.83 Å². The van der Waals surface area contributed by atoms with E-state index in [-0.39, 0.29) is 28.7 Å². The summed E-state index contributed by atoms with van der Waals surface area (Å²) in [7, 11) is 2.05. The molecule has 0 fully saturated rings. The highest BCUT2D eigenvalue weighted by atomic mass is 16.4. The van der Waals surface area contributed by atoms with E-state index in [4.69, 9.17) is 17.9 Å². The molecule has 9 aromatic rings. The Bertz CT molecular complexity index is 3040. The minimum absolute atomic E-state index is 0.0238. The van der Waals surface area contributed by atoms with Gasteiger partial charge in [-0.2, -0.15) is 4.57 Å². The van der Waals surface area contributed by atoms with E-state index in [1.165, 1.54) is 22.3 Å². The summed E-state index contributed by atoms with van der Waals surface area (Å²) >= 11 is 0. The number of imidazole rings is 1. The fraction of sp³-hybridized carbons (Fsp3) is 0.271. The van der Waals surface area contributed by atoms with Crippen molar-refractivity contribution in [3.8, 4) is 28.2 Å². The van der Waals surface area contributed by atoms with E-state index < -0.39 is 6.85 Å². The summed E-state index contributed by atoms with van der Waals surface area (Å²) in [6, 6.07) is 31.4. The second-order valence-electron chi connectivity index (χ2n) is 16.4. The summed E-state index contributed by atoms with van der Waals surface area (Å²) in [5.41, 5.74) is 11.5. The Balaban J connectivity index is 1.51. The largest absolute Gasteiger partial charge is 0.437 e. The molecule has 4 aromatic heterocycles. The van der Waals surface area contributed by atoms with Crippen LogP contribution in [-0.2, 0) is 12.5 Å². The molecule has 0 amide bonds. The molecule has 54 heavy (non-hydrogen) atoms. The van der Waals surface area contributed by atoms with Crippen LogP contribution in [0.2, 0.25) is 0 Å².